The second-order valence-corrected chi connectivity index (χ2v) is 5.27. The van der Waals surface area contributed by atoms with Gasteiger partial charge in [-0.05, 0) is 53.0 Å². The Morgan fingerprint density at radius 1 is 1.31 bits per heavy atom. The maximum Gasteiger partial charge on any atom is 0.133 e. The van der Waals surface area contributed by atoms with Crippen molar-refractivity contribution in [2.45, 2.75) is 26.8 Å². The highest BCUT2D eigenvalue weighted by Gasteiger charge is 2.08. The maximum atomic E-state index is 5.21. The molecular weight excluding hydrogens is 266 g/mol. The van der Waals surface area contributed by atoms with Gasteiger partial charge in [-0.3, -0.25) is 0 Å². The van der Waals surface area contributed by atoms with Gasteiger partial charge < -0.3 is 10.1 Å². The van der Waals surface area contributed by atoms with E-state index in [9.17, 15) is 0 Å². The van der Waals surface area contributed by atoms with Crippen LogP contribution in [0.1, 0.15) is 32.4 Å². The van der Waals surface area contributed by atoms with E-state index in [1.807, 2.05) is 6.07 Å². The van der Waals surface area contributed by atoms with E-state index in [2.05, 4.69) is 54.2 Å². The van der Waals surface area contributed by atoms with Gasteiger partial charge in [0.2, 0.25) is 0 Å². The lowest BCUT2D eigenvalue weighted by Gasteiger charge is -2.17. The van der Waals surface area contributed by atoms with Crippen molar-refractivity contribution in [3.05, 3.63) is 28.2 Å². The van der Waals surface area contributed by atoms with Crippen molar-refractivity contribution < 1.29 is 4.74 Å². The molecule has 0 aromatic heterocycles. The van der Waals surface area contributed by atoms with Crippen LogP contribution in [0.25, 0.3) is 0 Å². The number of halogens is 1. The van der Waals surface area contributed by atoms with Crippen molar-refractivity contribution in [1.29, 1.82) is 0 Å². The van der Waals surface area contributed by atoms with E-state index in [0.717, 1.165) is 16.8 Å². The molecule has 0 radical (unpaired) electrons. The van der Waals surface area contributed by atoms with Gasteiger partial charge in [-0.15, -0.1) is 0 Å². The summed E-state index contributed by atoms with van der Waals surface area (Å²) in [6.45, 7) is 7.63. The van der Waals surface area contributed by atoms with Crippen LogP contribution in [0.3, 0.4) is 0 Å². The maximum absolute atomic E-state index is 5.21. The molecule has 0 saturated carbocycles. The van der Waals surface area contributed by atoms with Gasteiger partial charge in [0, 0.05) is 6.04 Å². The number of hydrogen-bond donors (Lipinski definition) is 1. The van der Waals surface area contributed by atoms with E-state index in [4.69, 9.17) is 4.74 Å². The molecule has 3 heteroatoms. The van der Waals surface area contributed by atoms with Crippen LogP contribution >= 0.6 is 15.9 Å². The van der Waals surface area contributed by atoms with Crippen LogP contribution in [-0.2, 0) is 0 Å². The standard InChI is InChI=1S/C13H20BrNO/c1-9(2)8-15-10(3)11-5-6-13(16-4)12(14)7-11/h5-7,9-10,15H,8H2,1-4H3. The minimum absolute atomic E-state index is 0.365. The average Bonchev–Trinajstić information content (AvgIpc) is 2.25. The Kier molecular flexibility index (Phi) is 5.29. The van der Waals surface area contributed by atoms with Crippen LogP contribution < -0.4 is 10.1 Å². The van der Waals surface area contributed by atoms with Crippen LogP contribution in [0.15, 0.2) is 22.7 Å². The van der Waals surface area contributed by atoms with Crippen molar-refractivity contribution in [2.75, 3.05) is 13.7 Å². The van der Waals surface area contributed by atoms with E-state index in [1.54, 1.807) is 7.11 Å². The highest BCUT2D eigenvalue weighted by molar-refractivity contribution is 9.10. The summed E-state index contributed by atoms with van der Waals surface area (Å²) in [5.41, 5.74) is 1.27. The fourth-order valence-corrected chi connectivity index (χ4v) is 2.04. The zero-order chi connectivity index (χ0) is 12.1. The Hall–Kier alpha value is -0.540. The summed E-state index contributed by atoms with van der Waals surface area (Å²) in [7, 11) is 1.68. The molecule has 1 N–H and O–H groups in total. The lowest BCUT2D eigenvalue weighted by molar-refractivity contribution is 0.411. The fraction of sp³-hybridized carbons (Fsp3) is 0.538. The van der Waals surface area contributed by atoms with Crippen LogP contribution in [-0.4, -0.2) is 13.7 Å². The first-order valence-electron chi connectivity index (χ1n) is 5.61. The Labute approximate surface area is 107 Å². The zero-order valence-electron chi connectivity index (χ0n) is 10.4. The third kappa shape index (κ3) is 3.80. The number of benzene rings is 1. The number of rotatable bonds is 5. The van der Waals surface area contributed by atoms with Crippen molar-refractivity contribution in [3.63, 3.8) is 0 Å². The molecule has 0 aliphatic rings. The number of ether oxygens (including phenoxy) is 1. The molecule has 0 heterocycles. The fourth-order valence-electron chi connectivity index (χ4n) is 1.48. The Balaban J connectivity index is 2.69. The summed E-state index contributed by atoms with van der Waals surface area (Å²) in [6.07, 6.45) is 0. The molecule has 1 aromatic rings. The summed E-state index contributed by atoms with van der Waals surface area (Å²) in [5.74, 6) is 1.55. The SMILES string of the molecule is COc1ccc(C(C)NCC(C)C)cc1Br. The number of nitrogens with one attached hydrogen (secondary N) is 1. The van der Waals surface area contributed by atoms with Gasteiger partial charge in [-0.2, -0.15) is 0 Å². The van der Waals surface area contributed by atoms with E-state index in [-0.39, 0.29) is 0 Å². The second kappa shape index (κ2) is 6.26. The van der Waals surface area contributed by atoms with Gasteiger partial charge in [0.1, 0.15) is 5.75 Å². The Morgan fingerprint density at radius 3 is 2.50 bits per heavy atom. The molecule has 1 aromatic carbocycles. The summed E-state index contributed by atoms with van der Waals surface area (Å²) in [4.78, 5) is 0. The van der Waals surface area contributed by atoms with Crippen LogP contribution in [0, 0.1) is 5.92 Å². The first-order valence-corrected chi connectivity index (χ1v) is 6.40. The summed E-state index contributed by atoms with van der Waals surface area (Å²) in [5, 5.41) is 3.50. The summed E-state index contributed by atoms with van der Waals surface area (Å²) < 4.78 is 6.22. The molecule has 16 heavy (non-hydrogen) atoms. The van der Waals surface area contributed by atoms with Gasteiger partial charge in [-0.25, -0.2) is 0 Å². The molecule has 0 saturated heterocycles. The minimum Gasteiger partial charge on any atom is -0.496 e. The van der Waals surface area contributed by atoms with Gasteiger partial charge in [0.25, 0.3) is 0 Å². The molecule has 1 unspecified atom stereocenters. The van der Waals surface area contributed by atoms with Crippen LogP contribution in [0.2, 0.25) is 0 Å². The highest BCUT2D eigenvalue weighted by atomic mass is 79.9. The molecule has 2 nitrogen and oxygen atoms in total. The predicted molar refractivity (Wildman–Crippen MR) is 71.9 cm³/mol. The summed E-state index contributed by atoms with van der Waals surface area (Å²) >= 11 is 3.50. The summed E-state index contributed by atoms with van der Waals surface area (Å²) in [6, 6.07) is 6.57. The van der Waals surface area contributed by atoms with Crippen molar-refractivity contribution in [2.24, 2.45) is 5.92 Å². The lowest BCUT2D eigenvalue weighted by atomic mass is 10.1. The monoisotopic (exact) mass is 285 g/mol. The predicted octanol–water partition coefficient (Wildman–Crippen LogP) is 3.76. The minimum atomic E-state index is 0.365. The van der Waals surface area contributed by atoms with Crippen molar-refractivity contribution in [3.8, 4) is 5.75 Å². The van der Waals surface area contributed by atoms with Crippen molar-refractivity contribution >= 4 is 15.9 Å². The Bertz CT molecular complexity index is 339. The molecular formula is C13H20BrNO. The zero-order valence-corrected chi connectivity index (χ0v) is 12.0. The number of methoxy groups -OCH3 is 1. The average molecular weight is 286 g/mol. The quantitative estimate of drug-likeness (QED) is 0.889. The first kappa shape index (κ1) is 13.5. The normalized spacial score (nSPS) is 12.9. The second-order valence-electron chi connectivity index (χ2n) is 4.42. The van der Waals surface area contributed by atoms with Crippen LogP contribution in [0.4, 0.5) is 0 Å². The van der Waals surface area contributed by atoms with E-state index in [1.165, 1.54) is 5.56 Å². The van der Waals surface area contributed by atoms with Gasteiger partial charge in [-0.1, -0.05) is 19.9 Å². The largest absolute Gasteiger partial charge is 0.496 e. The molecule has 90 valence electrons. The molecule has 0 fully saturated rings. The van der Waals surface area contributed by atoms with E-state index >= 15 is 0 Å². The van der Waals surface area contributed by atoms with Gasteiger partial charge >= 0.3 is 0 Å². The molecule has 0 aliphatic heterocycles. The highest BCUT2D eigenvalue weighted by Crippen LogP contribution is 2.27. The van der Waals surface area contributed by atoms with Gasteiger partial charge in [0.15, 0.2) is 0 Å². The molecule has 1 atom stereocenters. The van der Waals surface area contributed by atoms with E-state index in [0.29, 0.717) is 12.0 Å². The third-order valence-corrected chi connectivity index (χ3v) is 3.13. The Morgan fingerprint density at radius 2 is 2.00 bits per heavy atom. The molecule has 0 spiro atoms. The van der Waals surface area contributed by atoms with Crippen LogP contribution in [0.5, 0.6) is 5.75 Å². The van der Waals surface area contributed by atoms with Crippen molar-refractivity contribution in [1.82, 2.24) is 5.32 Å². The molecule has 0 amide bonds. The number of hydrogen-bond acceptors (Lipinski definition) is 2. The lowest BCUT2D eigenvalue weighted by Crippen LogP contribution is -2.23. The van der Waals surface area contributed by atoms with Gasteiger partial charge in [0.05, 0.1) is 11.6 Å². The molecule has 0 aliphatic carbocycles. The first-order chi connectivity index (χ1) is 7.54. The smallest absolute Gasteiger partial charge is 0.133 e. The topological polar surface area (TPSA) is 21.3 Å². The molecule has 0 bridgehead atoms. The van der Waals surface area contributed by atoms with E-state index < -0.39 is 0 Å². The third-order valence-electron chi connectivity index (χ3n) is 2.51. The molecule has 1 rings (SSSR count).